The van der Waals surface area contributed by atoms with E-state index in [1.165, 1.54) is 0 Å². The number of hydrogen-bond donors (Lipinski definition) is 1. The van der Waals surface area contributed by atoms with Crippen molar-refractivity contribution >= 4 is 52.5 Å². The summed E-state index contributed by atoms with van der Waals surface area (Å²) in [4.78, 5) is 29.3. The van der Waals surface area contributed by atoms with Crippen molar-refractivity contribution < 1.29 is 9.59 Å². The van der Waals surface area contributed by atoms with Crippen molar-refractivity contribution in [3.8, 4) is 0 Å². The molecular formula is C27H25Cl2N3O2. The number of carbonyl (C=O) groups is 2. The molecule has 3 aromatic carbocycles. The van der Waals surface area contributed by atoms with E-state index in [1.54, 1.807) is 24.3 Å². The van der Waals surface area contributed by atoms with Gasteiger partial charge in [0.05, 0.1) is 17.8 Å². The van der Waals surface area contributed by atoms with E-state index in [0.29, 0.717) is 41.9 Å². The van der Waals surface area contributed by atoms with Crippen LogP contribution < -0.4 is 10.2 Å². The van der Waals surface area contributed by atoms with Gasteiger partial charge in [-0.15, -0.1) is 0 Å². The van der Waals surface area contributed by atoms with Gasteiger partial charge < -0.3 is 15.1 Å². The van der Waals surface area contributed by atoms with Crippen LogP contribution in [0.15, 0.2) is 78.9 Å². The summed E-state index contributed by atoms with van der Waals surface area (Å²) in [6, 6.07) is 22.5. The molecule has 0 aromatic heterocycles. The Morgan fingerprint density at radius 2 is 1.53 bits per heavy atom. The number of nitrogens with zero attached hydrogens (tertiary/aromatic N) is 2. The average molecular weight is 494 g/mol. The molecule has 34 heavy (non-hydrogen) atoms. The van der Waals surface area contributed by atoms with Gasteiger partial charge in [0, 0.05) is 42.3 Å². The van der Waals surface area contributed by atoms with Gasteiger partial charge in [-0.3, -0.25) is 9.59 Å². The van der Waals surface area contributed by atoms with Crippen molar-refractivity contribution in [3.05, 3.63) is 100 Å². The molecule has 1 N–H and O–H groups in total. The Kier molecular flexibility index (Phi) is 7.88. The Bertz CT molecular complexity index is 1170. The Balaban J connectivity index is 1.38. The van der Waals surface area contributed by atoms with Crippen molar-refractivity contribution in [3.63, 3.8) is 0 Å². The Hall–Kier alpha value is -3.28. The van der Waals surface area contributed by atoms with Crippen molar-refractivity contribution in [2.75, 3.05) is 36.4 Å². The fourth-order valence-corrected chi connectivity index (χ4v) is 4.17. The molecule has 0 bridgehead atoms. The second-order valence-corrected chi connectivity index (χ2v) is 8.94. The van der Waals surface area contributed by atoms with E-state index in [-0.39, 0.29) is 18.2 Å². The normalized spacial score (nSPS) is 13.8. The third-order valence-corrected chi connectivity index (χ3v) is 6.15. The number of rotatable bonds is 6. The van der Waals surface area contributed by atoms with Crippen LogP contribution in [0.4, 0.5) is 11.4 Å². The predicted molar refractivity (Wildman–Crippen MR) is 140 cm³/mol. The molecule has 4 rings (SSSR count). The van der Waals surface area contributed by atoms with E-state index >= 15 is 0 Å². The number of benzene rings is 3. The molecule has 0 saturated carbocycles. The van der Waals surface area contributed by atoms with Crippen LogP contribution in [0.3, 0.4) is 0 Å². The van der Waals surface area contributed by atoms with E-state index in [1.807, 2.05) is 65.6 Å². The summed E-state index contributed by atoms with van der Waals surface area (Å²) in [6.45, 7) is 2.51. The van der Waals surface area contributed by atoms with Crippen LogP contribution in [-0.2, 0) is 16.0 Å². The second kappa shape index (κ2) is 11.2. The summed E-state index contributed by atoms with van der Waals surface area (Å²) >= 11 is 12.2. The van der Waals surface area contributed by atoms with E-state index in [9.17, 15) is 9.59 Å². The number of piperazine rings is 1. The SMILES string of the molecule is O=C(Cc1ccc(Cl)cc1)Nc1cc(Cl)ccc1N1CCN(C(=O)/C=C/c2ccccc2)CC1. The number of hydrogen-bond acceptors (Lipinski definition) is 3. The number of halogens is 2. The predicted octanol–water partition coefficient (Wildman–Crippen LogP) is 5.54. The summed E-state index contributed by atoms with van der Waals surface area (Å²) in [5, 5.41) is 4.17. The molecular weight excluding hydrogens is 469 g/mol. The molecule has 2 amide bonds. The van der Waals surface area contributed by atoms with Gasteiger partial charge >= 0.3 is 0 Å². The summed E-state index contributed by atoms with van der Waals surface area (Å²) in [5.41, 5.74) is 3.42. The summed E-state index contributed by atoms with van der Waals surface area (Å²) < 4.78 is 0. The highest BCUT2D eigenvalue weighted by molar-refractivity contribution is 6.31. The van der Waals surface area contributed by atoms with Gasteiger partial charge in [0.1, 0.15) is 0 Å². The van der Waals surface area contributed by atoms with Crippen molar-refractivity contribution in [2.24, 2.45) is 0 Å². The molecule has 0 unspecified atom stereocenters. The third kappa shape index (κ3) is 6.40. The quantitative estimate of drug-likeness (QED) is 0.458. The summed E-state index contributed by atoms with van der Waals surface area (Å²) in [7, 11) is 0. The van der Waals surface area contributed by atoms with Crippen molar-refractivity contribution in [1.82, 2.24) is 4.90 Å². The fourth-order valence-electron chi connectivity index (χ4n) is 3.87. The molecule has 7 heteroatoms. The second-order valence-electron chi connectivity index (χ2n) is 8.07. The molecule has 1 saturated heterocycles. The maximum atomic E-state index is 12.7. The molecule has 0 aliphatic carbocycles. The minimum absolute atomic E-state index is 0.00361. The maximum Gasteiger partial charge on any atom is 0.246 e. The Morgan fingerprint density at radius 3 is 2.24 bits per heavy atom. The van der Waals surface area contributed by atoms with Gasteiger partial charge in [0.15, 0.2) is 0 Å². The largest absolute Gasteiger partial charge is 0.366 e. The van der Waals surface area contributed by atoms with Gasteiger partial charge in [-0.2, -0.15) is 0 Å². The molecule has 1 heterocycles. The van der Waals surface area contributed by atoms with Crippen molar-refractivity contribution in [2.45, 2.75) is 6.42 Å². The zero-order chi connectivity index (χ0) is 23.9. The van der Waals surface area contributed by atoms with Crippen LogP contribution in [0, 0.1) is 0 Å². The summed E-state index contributed by atoms with van der Waals surface area (Å²) in [6.07, 6.45) is 3.69. The smallest absolute Gasteiger partial charge is 0.246 e. The zero-order valence-electron chi connectivity index (χ0n) is 18.6. The van der Waals surface area contributed by atoms with E-state index < -0.39 is 0 Å². The lowest BCUT2D eigenvalue weighted by molar-refractivity contribution is -0.126. The molecule has 3 aromatic rings. The Morgan fingerprint density at radius 1 is 0.853 bits per heavy atom. The average Bonchev–Trinajstić information content (AvgIpc) is 2.85. The molecule has 1 aliphatic rings. The maximum absolute atomic E-state index is 12.7. The lowest BCUT2D eigenvalue weighted by atomic mass is 10.1. The first kappa shape index (κ1) is 23.9. The van der Waals surface area contributed by atoms with Crippen molar-refractivity contribution in [1.29, 1.82) is 0 Å². The van der Waals surface area contributed by atoms with Gasteiger partial charge in [-0.1, -0.05) is 65.7 Å². The number of carbonyl (C=O) groups excluding carboxylic acids is 2. The monoisotopic (exact) mass is 493 g/mol. The van der Waals surface area contributed by atoms with Gasteiger partial charge in [-0.25, -0.2) is 0 Å². The Labute approximate surface area is 209 Å². The molecule has 5 nitrogen and oxygen atoms in total. The third-order valence-electron chi connectivity index (χ3n) is 5.66. The van der Waals surface area contributed by atoms with Crippen LogP contribution in [0.2, 0.25) is 10.0 Å². The summed E-state index contributed by atoms with van der Waals surface area (Å²) in [5.74, 6) is -0.137. The highest BCUT2D eigenvalue weighted by Crippen LogP contribution is 2.30. The first-order valence-electron chi connectivity index (χ1n) is 11.1. The number of nitrogens with one attached hydrogen (secondary N) is 1. The van der Waals surface area contributed by atoms with Crippen LogP contribution >= 0.6 is 23.2 Å². The highest BCUT2D eigenvalue weighted by Gasteiger charge is 2.22. The minimum atomic E-state index is -0.134. The van der Waals surface area contributed by atoms with Crippen LogP contribution in [0.1, 0.15) is 11.1 Å². The van der Waals surface area contributed by atoms with Gasteiger partial charge in [-0.05, 0) is 47.5 Å². The molecule has 1 aliphatic heterocycles. The molecule has 0 spiro atoms. The molecule has 174 valence electrons. The molecule has 0 atom stereocenters. The molecule has 0 radical (unpaired) electrons. The van der Waals surface area contributed by atoms with Crippen LogP contribution in [-0.4, -0.2) is 42.9 Å². The van der Waals surface area contributed by atoms with E-state index in [4.69, 9.17) is 23.2 Å². The van der Waals surface area contributed by atoms with Gasteiger partial charge in [0.2, 0.25) is 11.8 Å². The topological polar surface area (TPSA) is 52.7 Å². The lowest BCUT2D eigenvalue weighted by Gasteiger charge is -2.36. The highest BCUT2D eigenvalue weighted by atomic mass is 35.5. The zero-order valence-corrected chi connectivity index (χ0v) is 20.1. The van der Waals surface area contributed by atoms with E-state index in [0.717, 1.165) is 16.8 Å². The van der Waals surface area contributed by atoms with Crippen LogP contribution in [0.25, 0.3) is 6.08 Å². The molecule has 1 fully saturated rings. The van der Waals surface area contributed by atoms with Gasteiger partial charge in [0.25, 0.3) is 0 Å². The first-order valence-corrected chi connectivity index (χ1v) is 11.8. The first-order chi connectivity index (χ1) is 16.5. The fraction of sp³-hybridized carbons (Fsp3) is 0.185. The lowest BCUT2D eigenvalue weighted by Crippen LogP contribution is -2.48. The number of anilines is 2. The number of amides is 2. The van der Waals surface area contributed by atoms with Crippen LogP contribution in [0.5, 0.6) is 0 Å². The van der Waals surface area contributed by atoms with E-state index in [2.05, 4.69) is 10.2 Å². The minimum Gasteiger partial charge on any atom is -0.366 e. The standard InChI is InChI=1S/C27H25Cl2N3O2/c28-22-9-6-21(7-10-22)18-26(33)30-24-19-23(29)11-12-25(24)31-14-16-32(17-15-31)27(34)13-8-20-4-2-1-3-5-20/h1-13,19H,14-18H2,(H,30,33)/b13-8+.